The first-order valence-corrected chi connectivity index (χ1v) is 11.1. The molecule has 0 radical (unpaired) electrons. The largest absolute Gasteiger partial charge is 0.417 e. The summed E-state index contributed by atoms with van der Waals surface area (Å²) in [4.78, 5) is -0.946. The van der Waals surface area contributed by atoms with Crippen LogP contribution in [0.25, 0.3) is 0 Å². The molecule has 2 aromatic carbocycles. The molecular weight excluding hydrogens is 415 g/mol. The second-order valence-corrected chi connectivity index (χ2v) is 11.2. The van der Waals surface area contributed by atoms with Crippen LogP contribution in [-0.4, -0.2) is 28.1 Å². The van der Waals surface area contributed by atoms with Crippen LogP contribution in [0.2, 0.25) is 0 Å². The van der Waals surface area contributed by atoms with Gasteiger partial charge in [0.1, 0.15) is 0 Å². The van der Waals surface area contributed by atoms with Crippen molar-refractivity contribution in [2.45, 2.75) is 41.5 Å². The van der Waals surface area contributed by atoms with Gasteiger partial charge >= 0.3 is 6.18 Å². The van der Waals surface area contributed by atoms with E-state index in [1.807, 2.05) is 4.72 Å². The molecule has 1 N–H and O–H groups in total. The van der Waals surface area contributed by atoms with Crippen LogP contribution < -0.4 is 4.72 Å². The molecule has 28 heavy (non-hydrogen) atoms. The Labute approximate surface area is 162 Å². The lowest BCUT2D eigenvalue weighted by Gasteiger charge is -2.25. The van der Waals surface area contributed by atoms with E-state index in [-0.39, 0.29) is 4.90 Å². The van der Waals surface area contributed by atoms with Crippen molar-refractivity contribution < 1.29 is 30.0 Å². The van der Waals surface area contributed by atoms with Gasteiger partial charge in [-0.05, 0) is 50.6 Å². The number of nitrogens with one attached hydrogen (secondary N) is 1. The smallest absolute Gasteiger partial charge is 0.223 e. The number of alkyl halides is 3. The molecule has 2 aromatic rings. The van der Waals surface area contributed by atoms with Crippen molar-refractivity contribution in [2.75, 3.05) is 6.54 Å². The van der Waals surface area contributed by atoms with E-state index >= 15 is 0 Å². The predicted octanol–water partition coefficient (Wildman–Crippen LogP) is 3.54. The second-order valence-electron chi connectivity index (χ2n) is 6.90. The maximum Gasteiger partial charge on any atom is 0.417 e. The van der Waals surface area contributed by atoms with Gasteiger partial charge in [-0.15, -0.1) is 0 Å². The number of halogens is 3. The van der Waals surface area contributed by atoms with Crippen molar-refractivity contribution in [1.82, 2.24) is 4.72 Å². The Bertz CT molecular complexity index is 1080. The molecule has 154 valence electrons. The molecule has 0 atom stereocenters. The molecule has 10 heteroatoms. The first-order valence-electron chi connectivity index (χ1n) is 8.16. The van der Waals surface area contributed by atoms with E-state index in [0.717, 1.165) is 12.1 Å². The standard InChI is InChI=1S/C18H20F3NO4S2/c1-13-7-6-8-14(11-13)27(23,24)17(2,3)12-22-28(25,26)16-10-5-4-9-15(16)18(19,20)21/h4-11,22H,12H2,1-3H3. The molecule has 0 fully saturated rings. The van der Waals surface area contributed by atoms with Gasteiger partial charge in [0.25, 0.3) is 0 Å². The fourth-order valence-corrected chi connectivity index (χ4v) is 5.51. The molecule has 0 aliphatic heterocycles. The summed E-state index contributed by atoms with van der Waals surface area (Å²) in [6, 6.07) is 9.83. The lowest BCUT2D eigenvalue weighted by Crippen LogP contribution is -2.44. The van der Waals surface area contributed by atoms with E-state index in [0.29, 0.717) is 11.6 Å². The fraction of sp³-hybridized carbons (Fsp3) is 0.333. The van der Waals surface area contributed by atoms with Gasteiger partial charge < -0.3 is 0 Å². The van der Waals surface area contributed by atoms with Crippen LogP contribution in [0.3, 0.4) is 0 Å². The maximum atomic E-state index is 13.1. The predicted molar refractivity (Wildman–Crippen MR) is 99.1 cm³/mol. The maximum absolute atomic E-state index is 13.1. The summed E-state index contributed by atoms with van der Waals surface area (Å²) in [5, 5.41) is 0. The van der Waals surface area contributed by atoms with Gasteiger partial charge in [0, 0.05) is 6.54 Å². The molecule has 0 unspecified atom stereocenters. The molecule has 0 bridgehead atoms. The molecule has 0 heterocycles. The summed E-state index contributed by atoms with van der Waals surface area (Å²) < 4.78 is 90.4. The zero-order valence-electron chi connectivity index (χ0n) is 15.4. The Kier molecular flexibility index (Phi) is 5.99. The zero-order chi connectivity index (χ0) is 21.4. The Hall–Kier alpha value is -1.91. The van der Waals surface area contributed by atoms with Crippen LogP contribution in [-0.2, 0) is 26.0 Å². The highest BCUT2D eigenvalue weighted by molar-refractivity contribution is 7.93. The van der Waals surface area contributed by atoms with Crippen molar-refractivity contribution in [3.8, 4) is 0 Å². The normalized spacial score (nSPS) is 13.5. The average molecular weight is 435 g/mol. The molecular formula is C18H20F3NO4S2. The van der Waals surface area contributed by atoms with Crippen molar-refractivity contribution in [1.29, 1.82) is 0 Å². The minimum Gasteiger partial charge on any atom is -0.223 e. The van der Waals surface area contributed by atoms with Gasteiger partial charge in [0.2, 0.25) is 10.0 Å². The third-order valence-corrected chi connectivity index (χ3v) is 8.13. The lowest BCUT2D eigenvalue weighted by atomic mass is 10.2. The highest BCUT2D eigenvalue weighted by Crippen LogP contribution is 2.34. The molecule has 5 nitrogen and oxygen atoms in total. The van der Waals surface area contributed by atoms with Gasteiger partial charge in [-0.1, -0.05) is 24.3 Å². The molecule has 0 saturated heterocycles. The van der Waals surface area contributed by atoms with E-state index in [4.69, 9.17) is 0 Å². The number of benzene rings is 2. The van der Waals surface area contributed by atoms with Crippen molar-refractivity contribution in [2.24, 2.45) is 0 Å². The lowest BCUT2D eigenvalue weighted by molar-refractivity contribution is -0.139. The minimum absolute atomic E-state index is 0.00684. The molecule has 0 aromatic heterocycles. The Morgan fingerprint density at radius 2 is 1.54 bits per heavy atom. The molecule has 0 aliphatic rings. The second kappa shape index (κ2) is 7.49. The van der Waals surface area contributed by atoms with Crippen molar-refractivity contribution in [3.63, 3.8) is 0 Å². The van der Waals surface area contributed by atoms with Crippen LogP contribution in [0.15, 0.2) is 58.3 Å². The Morgan fingerprint density at radius 3 is 2.11 bits per heavy atom. The van der Waals surface area contributed by atoms with E-state index < -0.39 is 47.8 Å². The number of hydrogen-bond donors (Lipinski definition) is 1. The summed E-state index contributed by atoms with van der Waals surface area (Å²) in [5.74, 6) is 0. The topological polar surface area (TPSA) is 80.3 Å². The minimum atomic E-state index is -4.87. The van der Waals surface area contributed by atoms with E-state index in [2.05, 4.69) is 0 Å². The average Bonchev–Trinajstić information content (AvgIpc) is 2.59. The van der Waals surface area contributed by atoms with Crippen LogP contribution in [0, 0.1) is 6.92 Å². The van der Waals surface area contributed by atoms with Crippen LogP contribution in [0.1, 0.15) is 25.0 Å². The fourth-order valence-electron chi connectivity index (χ4n) is 2.48. The van der Waals surface area contributed by atoms with Gasteiger partial charge in [0.15, 0.2) is 9.84 Å². The zero-order valence-corrected chi connectivity index (χ0v) is 17.0. The van der Waals surface area contributed by atoms with E-state index in [9.17, 15) is 30.0 Å². The molecule has 0 aliphatic carbocycles. The van der Waals surface area contributed by atoms with E-state index in [1.54, 1.807) is 19.1 Å². The van der Waals surface area contributed by atoms with E-state index in [1.165, 1.54) is 32.0 Å². The number of rotatable bonds is 6. The van der Waals surface area contributed by atoms with Gasteiger partial charge in [-0.3, -0.25) is 0 Å². The monoisotopic (exact) mass is 435 g/mol. The quantitative estimate of drug-likeness (QED) is 0.753. The summed E-state index contributed by atoms with van der Waals surface area (Å²) in [6.45, 7) is 3.73. The van der Waals surface area contributed by atoms with Crippen LogP contribution >= 0.6 is 0 Å². The summed E-state index contributed by atoms with van der Waals surface area (Å²) >= 11 is 0. The molecule has 0 saturated carbocycles. The number of sulfonamides is 1. The molecule has 0 amide bonds. The number of hydrogen-bond acceptors (Lipinski definition) is 4. The van der Waals surface area contributed by atoms with Gasteiger partial charge in [0.05, 0.1) is 20.1 Å². The number of aryl methyl sites for hydroxylation is 1. The summed E-state index contributed by atoms with van der Waals surface area (Å²) in [5.41, 5.74) is -0.613. The van der Waals surface area contributed by atoms with Crippen LogP contribution in [0.4, 0.5) is 13.2 Å². The van der Waals surface area contributed by atoms with Crippen LogP contribution in [0.5, 0.6) is 0 Å². The van der Waals surface area contributed by atoms with Crippen molar-refractivity contribution >= 4 is 19.9 Å². The third kappa shape index (κ3) is 4.56. The molecule has 0 spiro atoms. The summed E-state index contributed by atoms with van der Waals surface area (Å²) in [6.07, 6.45) is -4.87. The highest BCUT2D eigenvalue weighted by Gasteiger charge is 2.40. The summed E-state index contributed by atoms with van der Waals surface area (Å²) in [7, 11) is -8.55. The third-order valence-electron chi connectivity index (χ3n) is 4.20. The first kappa shape index (κ1) is 22.4. The highest BCUT2D eigenvalue weighted by atomic mass is 32.2. The Balaban J connectivity index is 2.35. The Morgan fingerprint density at radius 1 is 0.929 bits per heavy atom. The van der Waals surface area contributed by atoms with Gasteiger partial charge in [-0.2, -0.15) is 13.2 Å². The molecule has 2 rings (SSSR count). The number of sulfone groups is 1. The SMILES string of the molecule is Cc1cccc(S(=O)(=O)C(C)(C)CNS(=O)(=O)c2ccccc2C(F)(F)F)c1. The van der Waals surface area contributed by atoms with Crippen molar-refractivity contribution in [3.05, 3.63) is 59.7 Å². The van der Waals surface area contributed by atoms with Gasteiger partial charge in [-0.25, -0.2) is 21.6 Å². The first-order chi connectivity index (χ1) is 12.7.